The van der Waals surface area contributed by atoms with Gasteiger partial charge in [0.2, 0.25) is 0 Å². The summed E-state index contributed by atoms with van der Waals surface area (Å²) in [4.78, 5) is 16.3. The molecule has 0 saturated heterocycles. The molecule has 2 aromatic rings. The molecule has 0 bridgehead atoms. The van der Waals surface area contributed by atoms with E-state index in [-0.39, 0.29) is 11.7 Å². The molecule has 0 aromatic carbocycles. The summed E-state index contributed by atoms with van der Waals surface area (Å²) in [7, 11) is 0. The second-order valence-electron chi connectivity index (χ2n) is 3.59. The summed E-state index contributed by atoms with van der Waals surface area (Å²) >= 11 is 1.44. The third kappa shape index (κ3) is 1.19. The minimum atomic E-state index is 0.0287. The van der Waals surface area contributed by atoms with Crippen LogP contribution in [-0.2, 0) is 6.54 Å². The predicted molar refractivity (Wildman–Crippen MR) is 58.6 cm³/mol. The van der Waals surface area contributed by atoms with Crippen LogP contribution in [0.15, 0.2) is 16.2 Å². The molecule has 0 amide bonds. The van der Waals surface area contributed by atoms with Crippen LogP contribution in [-0.4, -0.2) is 15.7 Å². The molecule has 1 unspecified atom stereocenters. The summed E-state index contributed by atoms with van der Waals surface area (Å²) in [6, 6.07) is 2.32. The first kappa shape index (κ1) is 8.91. The fourth-order valence-electron chi connectivity index (χ4n) is 1.78. The Labute approximate surface area is 90.1 Å². The van der Waals surface area contributed by atoms with Gasteiger partial charge in [0.15, 0.2) is 0 Å². The molecular formula is C10H10N2O2S. The highest BCUT2D eigenvalue weighted by Crippen LogP contribution is 2.23. The fraction of sp³-hybridized carbons (Fsp3) is 0.400. The number of rotatable bonds is 1. The number of nitrogens with zero attached hydrogens (tertiary/aromatic N) is 2. The van der Waals surface area contributed by atoms with Crippen LogP contribution in [0.5, 0.6) is 6.01 Å². The van der Waals surface area contributed by atoms with E-state index in [1.807, 2.05) is 18.4 Å². The van der Waals surface area contributed by atoms with E-state index in [1.165, 1.54) is 11.3 Å². The summed E-state index contributed by atoms with van der Waals surface area (Å²) < 4.78 is 7.92. The molecule has 78 valence electrons. The van der Waals surface area contributed by atoms with Crippen LogP contribution in [0.1, 0.15) is 13.3 Å². The largest absolute Gasteiger partial charge is 0.459 e. The molecule has 1 aliphatic rings. The Morgan fingerprint density at radius 1 is 1.73 bits per heavy atom. The van der Waals surface area contributed by atoms with Crippen molar-refractivity contribution in [2.75, 3.05) is 0 Å². The van der Waals surface area contributed by atoms with E-state index in [0.717, 1.165) is 16.6 Å². The standard InChI is InChI=1S/C10H10N2O2S/c1-2-6-5-12-9(13)8-7(3-4-15-8)11-10(12)14-6/h3-4,6H,2,5H2,1H3. The maximum atomic E-state index is 12.0. The molecule has 2 aromatic heterocycles. The molecule has 0 aliphatic carbocycles. The van der Waals surface area contributed by atoms with Gasteiger partial charge in [0.1, 0.15) is 10.8 Å². The van der Waals surface area contributed by atoms with Crippen molar-refractivity contribution >= 4 is 21.6 Å². The lowest BCUT2D eigenvalue weighted by Gasteiger charge is -2.02. The van der Waals surface area contributed by atoms with E-state index < -0.39 is 0 Å². The number of hydrogen-bond donors (Lipinski definition) is 0. The fourth-order valence-corrected chi connectivity index (χ4v) is 2.56. The Bertz CT molecular complexity index is 572. The topological polar surface area (TPSA) is 44.1 Å². The molecule has 0 fully saturated rings. The van der Waals surface area contributed by atoms with Gasteiger partial charge in [-0.15, -0.1) is 11.3 Å². The average Bonchev–Trinajstić information content (AvgIpc) is 2.83. The summed E-state index contributed by atoms with van der Waals surface area (Å²) in [6.45, 7) is 2.68. The monoisotopic (exact) mass is 222 g/mol. The quantitative estimate of drug-likeness (QED) is 0.736. The van der Waals surface area contributed by atoms with E-state index >= 15 is 0 Å². The molecule has 3 heterocycles. The van der Waals surface area contributed by atoms with Crippen LogP contribution in [0.4, 0.5) is 0 Å². The van der Waals surface area contributed by atoms with Crippen LogP contribution in [0.25, 0.3) is 10.2 Å². The van der Waals surface area contributed by atoms with Gasteiger partial charge in [-0.3, -0.25) is 9.36 Å². The van der Waals surface area contributed by atoms with Crippen LogP contribution in [0, 0.1) is 0 Å². The molecule has 3 rings (SSSR count). The van der Waals surface area contributed by atoms with Crippen molar-refractivity contribution in [2.24, 2.45) is 0 Å². The normalized spacial score (nSPS) is 19.1. The zero-order valence-corrected chi connectivity index (χ0v) is 9.08. The van der Waals surface area contributed by atoms with Crippen LogP contribution >= 0.6 is 11.3 Å². The highest BCUT2D eigenvalue weighted by molar-refractivity contribution is 7.17. The van der Waals surface area contributed by atoms with Crippen LogP contribution in [0.2, 0.25) is 0 Å². The van der Waals surface area contributed by atoms with Crippen molar-refractivity contribution in [3.8, 4) is 6.01 Å². The van der Waals surface area contributed by atoms with E-state index in [2.05, 4.69) is 4.98 Å². The lowest BCUT2D eigenvalue weighted by atomic mass is 10.3. The summed E-state index contributed by atoms with van der Waals surface area (Å²) in [5.74, 6) is 0. The summed E-state index contributed by atoms with van der Waals surface area (Å²) in [6.07, 6.45) is 0.998. The molecular weight excluding hydrogens is 212 g/mol. The molecule has 1 atom stereocenters. The van der Waals surface area contributed by atoms with Gasteiger partial charge in [-0.2, -0.15) is 4.98 Å². The van der Waals surface area contributed by atoms with E-state index in [4.69, 9.17) is 4.74 Å². The van der Waals surface area contributed by atoms with Crippen molar-refractivity contribution in [1.29, 1.82) is 0 Å². The molecule has 5 heteroatoms. The summed E-state index contributed by atoms with van der Waals surface area (Å²) in [5.41, 5.74) is 0.772. The highest BCUT2D eigenvalue weighted by atomic mass is 32.1. The van der Waals surface area contributed by atoms with Gasteiger partial charge < -0.3 is 4.74 Å². The Kier molecular flexibility index (Phi) is 1.82. The van der Waals surface area contributed by atoms with Gasteiger partial charge in [-0.25, -0.2) is 0 Å². The molecule has 15 heavy (non-hydrogen) atoms. The maximum Gasteiger partial charge on any atom is 0.300 e. The van der Waals surface area contributed by atoms with Gasteiger partial charge in [-0.05, 0) is 17.9 Å². The molecule has 0 spiro atoms. The van der Waals surface area contributed by atoms with Gasteiger partial charge in [-0.1, -0.05) is 6.92 Å². The third-order valence-corrected chi connectivity index (χ3v) is 3.54. The molecule has 0 radical (unpaired) electrons. The van der Waals surface area contributed by atoms with E-state index in [0.29, 0.717) is 12.6 Å². The van der Waals surface area contributed by atoms with Gasteiger partial charge >= 0.3 is 0 Å². The molecule has 0 saturated carbocycles. The number of aromatic nitrogens is 2. The zero-order chi connectivity index (χ0) is 10.4. The van der Waals surface area contributed by atoms with Crippen LogP contribution < -0.4 is 10.3 Å². The molecule has 0 N–H and O–H groups in total. The second kappa shape index (κ2) is 3.06. The number of ether oxygens (including phenoxy) is 1. The first-order chi connectivity index (χ1) is 7.29. The molecule has 1 aliphatic heterocycles. The van der Waals surface area contributed by atoms with E-state index in [1.54, 1.807) is 4.57 Å². The number of thiophene rings is 1. The van der Waals surface area contributed by atoms with Crippen LogP contribution in [0.3, 0.4) is 0 Å². The maximum absolute atomic E-state index is 12.0. The Morgan fingerprint density at radius 2 is 2.60 bits per heavy atom. The van der Waals surface area contributed by atoms with Gasteiger partial charge in [0, 0.05) is 0 Å². The highest BCUT2D eigenvalue weighted by Gasteiger charge is 2.24. The lowest BCUT2D eigenvalue weighted by Crippen LogP contribution is -2.19. The van der Waals surface area contributed by atoms with Crippen molar-refractivity contribution in [2.45, 2.75) is 26.0 Å². The second-order valence-corrected chi connectivity index (χ2v) is 4.51. The first-order valence-electron chi connectivity index (χ1n) is 4.94. The van der Waals surface area contributed by atoms with Crippen molar-refractivity contribution in [3.63, 3.8) is 0 Å². The first-order valence-corrected chi connectivity index (χ1v) is 5.82. The predicted octanol–water partition coefficient (Wildman–Crippen LogP) is 1.63. The Hall–Kier alpha value is -1.36. The summed E-state index contributed by atoms with van der Waals surface area (Å²) in [5, 5.41) is 1.88. The van der Waals surface area contributed by atoms with Gasteiger partial charge in [0.05, 0.1) is 12.1 Å². The lowest BCUT2D eigenvalue weighted by molar-refractivity contribution is 0.221. The smallest absolute Gasteiger partial charge is 0.300 e. The minimum Gasteiger partial charge on any atom is -0.459 e. The average molecular weight is 222 g/mol. The van der Waals surface area contributed by atoms with Crippen molar-refractivity contribution in [1.82, 2.24) is 9.55 Å². The third-order valence-electron chi connectivity index (χ3n) is 2.64. The SMILES string of the molecule is CCC1Cn2c(nc3ccsc3c2=O)O1. The minimum absolute atomic E-state index is 0.0287. The zero-order valence-electron chi connectivity index (χ0n) is 8.27. The number of hydrogen-bond acceptors (Lipinski definition) is 4. The van der Waals surface area contributed by atoms with Crippen molar-refractivity contribution < 1.29 is 4.74 Å². The molecule has 4 nitrogen and oxygen atoms in total. The number of fused-ring (bicyclic) bond motifs is 2. The van der Waals surface area contributed by atoms with E-state index in [9.17, 15) is 4.79 Å². The van der Waals surface area contributed by atoms with Gasteiger partial charge in [0.25, 0.3) is 11.6 Å². The Morgan fingerprint density at radius 3 is 3.40 bits per heavy atom. The van der Waals surface area contributed by atoms with Crippen molar-refractivity contribution in [3.05, 3.63) is 21.8 Å². The Balaban J connectivity index is 2.26.